The molecule has 5 nitrogen and oxygen atoms in total. The van der Waals surface area contributed by atoms with Crippen LogP contribution in [0.4, 0.5) is 0 Å². The van der Waals surface area contributed by atoms with E-state index in [4.69, 9.17) is 15.6 Å². The van der Waals surface area contributed by atoms with Crippen LogP contribution in [0.2, 0.25) is 0 Å². The summed E-state index contributed by atoms with van der Waals surface area (Å²) in [6.07, 6.45) is 0. The lowest BCUT2D eigenvalue weighted by Gasteiger charge is -2.03. The van der Waals surface area contributed by atoms with Crippen molar-refractivity contribution in [2.24, 2.45) is 5.90 Å². The topological polar surface area (TPSA) is 92.8 Å². The van der Waals surface area contributed by atoms with Gasteiger partial charge in [0.05, 0.1) is 0 Å². The summed E-state index contributed by atoms with van der Waals surface area (Å²) in [5, 5.41) is 8.94. The molecule has 0 aliphatic carbocycles. The molecule has 0 heterocycles. The molecule has 6 heteroatoms. The maximum absolute atomic E-state index is 10.6. The number of nitrogens with two attached hydrogens (primary N) is 1. The lowest BCUT2D eigenvalue weighted by molar-refractivity contribution is 0.323. The maximum atomic E-state index is 10.6. The largest absolute Gasteiger partial charge is 0.508 e. The van der Waals surface area contributed by atoms with Gasteiger partial charge >= 0.3 is 0 Å². The molecule has 1 unspecified atom stereocenters. The van der Waals surface area contributed by atoms with E-state index in [1.54, 1.807) is 0 Å². The maximum Gasteiger partial charge on any atom is 0.190 e. The van der Waals surface area contributed by atoms with Gasteiger partial charge in [-0.1, -0.05) is 0 Å². The molecular formula is C6H7NO4S. The van der Waals surface area contributed by atoms with Gasteiger partial charge in [-0.25, -0.2) is 4.21 Å². The lowest BCUT2D eigenvalue weighted by atomic mass is 10.3. The minimum absolute atomic E-state index is 0.0579. The number of rotatable bonds is 2. The third-order valence-corrected chi connectivity index (χ3v) is 1.94. The van der Waals surface area contributed by atoms with E-state index in [0.717, 1.165) is 6.07 Å². The highest BCUT2D eigenvalue weighted by atomic mass is 32.2. The van der Waals surface area contributed by atoms with Crippen molar-refractivity contribution in [2.75, 3.05) is 0 Å². The zero-order valence-electron chi connectivity index (χ0n) is 5.93. The summed E-state index contributed by atoms with van der Waals surface area (Å²) in [5.74, 6) is 4.76. The summed E-state index contributed by atoms with van der Waals surface area (Å²) >= 11 is -2.22. The first-order chi connectivity index (χ1) is 5.65. The Hall–Kier alpha value is -1.11. The van der Waals surface area contributed by atoms with Crippen LogP contribution in [0.3, 0.4) is 0 Å². The molecule has 0 saturated heterocycles. The van der Waals surface area contributed by atoms with Gasteiger partial charge in [-0.15, -0.1) is 0 Å². The summed E-state index contributed by atoms with van der Waals surface area (Å²) in [5.41, 5.74) is 0. The van der Waals surface area contributed by atoms with Gasteiger partial charge in [-0.2, -0.15) is 5.90 Å². The number of phenols is 1. The van der Waals surface area contributed by atoms with E-state index in [1.807, 2.05) is 0 Å². The van der Waals surface area contributed by atoms with Crippen molar-refractivity contribution in [2.45, 2.75) is 4.90 Å². The van der Waals surface area contributed by atoms with E-state index in [2.05, 4.69) is 4.84 Å². The zero-order chi connectivity index (χ0) is 9.14. The molecule has 0 aromatic heterocycles. The normalized spacial score (nSPS) is 12.5. The van der Waals surface area contributed by atoms with Crippen LogP contribution in [0.25, 0.3) is 0 Å². The quantitative estimate of drug-likeness (QED) is 0.457. The fourth-order valence-electron chi connectivity index (χ4n) is 0.731. The monoisotopic (exact) mass is 189 g/mol. The van der Waals surface area contributed by atoms with E-state index in [1.165, 1.54) is 12.1 Å². The zero-order valence-corrected chi connectivity index (χ0v) is 6.75. The molecule has 1 rings (SSSR count). The summed E-state index contributed by atoms with van der Waals surface area (Å²) in [4.78, 5) is 4.24. The predicted molar refractivity (Wildman–Crippen MR) is 42.0 cm³/mol. The van der Waals surface area contributed by atoms with E-state index < -0.39 is 11.1 Å². The van der Waals surface area contributed by atoms with Gasteiger partial charge in [-0.3, -0.25) is 0 Å². The standard InChI is InChI=1S/C6H7NO4S/c7-11-5-2-1-4(8)3-6(5)12(9)10/h1-3,8H,7H2,(H,9,10). The van der Waals surface area contributed by atoms with Crippen LogP contribution in [-0.4, -0.2) is 13.9 Å². The summed E-state index contributed by atoms with van der Waals surface area (Å²) in [6, 6.07) is 3.72. The van der Waals surface area contributed by atoms with Crippen molar-refractivity contribution in [3.63, 3.8) is 0 Å². The molecule has 12 heavy (non-hydrogen) atoms. The second-order valence-electron chi connectivity index (χ2n) is 2.00. The van der Waals surface area contributed by atoms with Crippen LogP contribution in [0.1, 0.15) is 0 Å². The molecule has 0 bridgehead atoms. The van der Waals surface area contributed by atoms with Crippen LogP contribution in [0.15, 0.2) is 23.1 Å². The molecule has 1 atom stereocenters. The van der Waals surface area contributed by atoms with Gasteiger partial charge in [-0.05, 0) is 12.1 Å². The Morgan fingerprint density at radius 2 is 2.17 bits per heavy atom. The molecule has 1 aromatic rings. The van der Waals surface area contributed by atoms with Gasteiger partial charge in [0.1, 0.15) is 10.6 Å². The Kier molecular flexibility index (Phi) is 2.64. The van der Waals surface area contributed by atoms with Crippen LogP contribution >= 0.6 is 0 Å². The fourth-order valence-corrected chi connectivity index (χ4v) is 1.24. The van der Waals surface area contributed by atoms with Crippen molar-refractivity contribution < 1.29 is 18.7 Å². The Labute approximate surface area is 71.0 Å². The highest BCUT2D eigenvalue weighted by molar-refractivity contribution is 7.79. The number of hydrogen-bond donors (Lipinski definition) is 3. The van der Waals surface area contributed by atoms with Crippen molar-refractivity contribution in [3.05, 3.63) is 18.2 Å². The molecule has 0 amide bonds. The highest BCUT2D eigenvalue weighted by Gasteiger charge is 2.09. The first kappa shape index (κ1) is 8.98. The first-order valence-electron chi connectivity index (χ1n) is 2.95. The van der Waals surface area contributed by atoms with Crippen LogP contribution in [0.5, 0.6) is 11.5 Å². The van der Waals surface area contributed by atoms with Crippen LogP contribution in [-0.2, 0) is 11.1 Å². The van der Waals surface area contributed by atoms with E-state index in [9.17, 15) is 4.21 Å². The molecule has 0 fully saturated rings. The minimum Gasteiger partial charge on any atom is -0.508 e. The second-order valence-corrected chi connectivity index (χ2v) is 2.94. The molecule has 0 aliphatic heterocycles. The van der Waals surface area contributed by atoms with Crippen molar-refractivity contribution in [3.8, 4) is 11.5 Å². The van der Waals surface area contributed by atoms with E-state index in [-0.39, 0.29) is 16.4 Å². The van der Waals surface area contributed by atoms with Gasteiger partial charge in [0, 0.05) is 6.07 Å². The Balaban J connectivity index is 3.21. The molecule has 66 valence electrons. The number of benzene rings is 1. The minimum atomic E-state index is -2.22. The highest BCUT2D eigenvalue weighted by Crippen LogP contribution is 2.24. The first-order valence-corrected chi connectivity index (χ1v) is 4.06. The van der Waals surface area contributed by atoms with E-state index >= 15 is 0 Å². The Morgan fingerprint density at radius 1 is 1.50 bits per heavy atom. The summed E-state index contributed by atoms with van der Waals surface area (Å²) in [7, 11) is 0. The molecular weight excluding hydrogens is 182 g/mol. The lowest BCUT2D eigenvalue weighted by Crippen LogP contribution is -2.05. The molecule has 4 N–H and O–H groups in total. The third kappa shape index (κ3) is 1.73. The third-order valence-electron chi connectivity index (χ3n) is 1.24. The van der Waals surface area contributed by atoms with E-state index in [0.29, 0.717) is 0 Å². The Morgan fingerprint density at radius 3 is 2.67 bits per heavy atom. The summed E-state index contributed by atoms with van der Waals surface area (Å²) in [6.45, 7) is 0. The van der Waals surface area contributed by atoms with Gasteiger partial charge < -0.3 is 14.5 Å². The number of hydrogen-bond acceptors (Lipinski definition) is 4. The molecule has 1 aromatic carbocycles. The molecule has 0 aliphatic rings. The smallest absolute Gasteiger partial charge is 0.190 e. The van der Waals surface area contributed by atoms with Crippen LogP contribution < -0.4 is 10.7 Å². The molecule has 0 saturated carbocycles. The van der Waals surface area contributed by atoms with Gasteiger partial charge in [0.15, 0.2) is 16.8 Å². The van der Waals surface area contributed by atoms with Crippen molar-refractivity contribution in [1.82, 2.24) is 0 Å². The number of aromatic hydroxyl groups is 1. The van der Waals surface area contributed by atoms with Crippen molar-refractivity contribution >= 4 is 11.1 Å². The SMILES string of the molecule is NOc1ccc(O)cc1S(=O)O. The second kappa shape index (κ2) is 3.53. The number of phenolic OH excluding ortho intramolecular Hbond substituents is 1. The molecule has 0 spiro atoms. The van der Waals surface area contributed by atoms with Crippen LogP contribution in [0, 0.1) is 0 Å². The molecule has 0 radical (unpaired) electrons. The van der Waals surface area contributed by atoms with Gasteiger partial charge in [0.2, 0.25) is 0 Å². The summed E-state index contributed by atoms with van der Waals surface area (Å²) < 4.78 is 19.3. The Bertz CT molecular complexity index is 314. The van der Waals surface area contributed by atoms with Gasteiger partial charge in [0.25, 0.3) is 0 Å². The average molecular weight is 189 g/mol. The van der Waals surface area contributed by atoms with Crippen molar-refractivity contribution in [1.29, 1.82) is 0 Å². The fraction of sp³-hybridized carbons (Fsp3) is 0. The predicted octanol–water partition coefficient (Wildman–Crippen LogP) is 0.225. The average Bonchev–Trinajstić information content (AvgIpc) is 2.04.